The van der Waals surface area contributed by atoms with Crippen molar-refractivity contribution in [1.82, 2.24) is 9.97 Å². The first kappa shape index (κ1) is 15.0. The lowest BCUT2D eigenvalue weighted by Crippen LogP contribution is -2.28. The summed E-state index contributed by atoms with van der Waals surface area (Å²) >= 11 is 0. The van der Waals surface area contributed by atoms with Gasteiger partial charge in [-0.1, -0.05) is 6.92 Å². The van der Waals surface area contributed by atoms with E-state index < -0.39 is 0 Å². The van der Waals surface area contributed by atoms with Crippen LogP contribution in [0.4, 0.5) is 11.6 Å². The maximum absolute atomic E-state index is 5.54. The predicted octanol–water partition coefficient (Wildman–Crippen LogP) is 2.40. The van der Waals surface area contributed by atoms with Crippen molar-refractivity contribution >= 4 is 11.6 Å². The van der Waals surface area contributed by atoms with E-state index >= 15 is 0 Å². The van der Waals surface area contributed by atoms with Gasteiger partial charge in [0.05, 0.1) is 6.61 Å². The highest BCUT2D eigenvalue weighted by molar-refractivity contribution is 5.58. The van der Waals surface area contributed by atoms with Gasteiger partial charge in [-0.15, -0.1) is 0 Å². The molecule has 1 fully saturated rings. The second-order valence-electron chi connectivity index (χ2n) is 5.17. The normalized spacial score (nSPS) is 16.1. The second-order valence-corrected chi connectivity index (χ2v) is 5.17. The van der Waals surface area contributed by atoms with Gasteiger partial charge in [-0.05, 0) is 26.7 Å². The van der Waals surface area contributed by atoms with Gasteiger partial charge in [0, 0.05) is 38.2 Å². The lowest BCUT2D eigenvalue weighted by Gasteiger charge is -2.24. The summed E-state index contributed by atoms with van der Waals surface area (Å²) in [6, 6.07) is 0. The molecule has 0 atom stereocenters. The van der Waals surface area contributed by atoms with Crippen molar-refractivity contribution in [3.05, 3.63) is 11.4 Å². The number of hydrogen-bond acceptors (Lipinski definition) is 5. The topological polar surface area (TPSA) is 50.3 Å². The Kier molecular flexibility index (Phi) is 5.59. The molecule has 5 nitrogen and oxygen atoms in total. The Morgan fingerprint density at radius 3 is 2.80 bits per heavy atom. The van der Waals surface area contributed by atoms with Crippen molar-refractivity contribution < 1.29 is 4.74 Å². The zero-order valence-corrected chi connectivity index (χ0v) is 12.9. The van der Waals surface area contributed by atoms with Crippen molar-refractivity contribution in [1.29, 1.82) is 0 Å². The number of nitrogens with zero attached hydrogens (tertiary/aromatic N) is 3. The van der Waals surface area contributed by atoms with E-state index in [-0.39, 0.29) is 0 Å². The lowest BCUT2D eigenvalue weighted by atomic mass is 10.2. The van der Waals surface area contributed by atoms with Crippen LogP contribution in [-0.2, 0) is 11.2 Å². The average molecular weight is 278 g/mol. The molecular weight excluding hydrogens is 252 g/mol. The number of hydrogen-bond donors (Lipinski definition) is 1. The van der Waals surface area contributed by atoms with Crippen LogP contribution in [0.2, 0.25) is 0 Å². The van der Waals surface area contributed by atoms with Crippen LogP contribution in [0.25, 0.3) is 0 Å². The van der Waals surface area contributed by atoms with E-state index in [0.29, 0.717) is 0 Å². The van der Waals surface area contributed by atoms with Crippen molar-refractivity contribution in [2.45, 2.75) is 40.0 Å². The molecule has 1 aromatic heterocycles. The molecule has 0 aromatic carbocycles. The molecule has 0 amide bonds. The number of nitrogens with one attached hydrogen (secondary N) is 1. The Morgan fingerprint density at radius 1 is 1.20 bits per heavy atom. The molecule has 112 valence electrons. The largest absolute Gasteiger partial charge is 0.380 e. The molecule has 0 spiro atoms. The second kappa shape index (κ2) is 7.43. The molecule has 1 aliphatic heterocycles. The summed E-state index contributed by atoms with van der Waals surface area (Å²) in [4.78, 5) is 11.8. The maximum atomic E-state index is 5.54. The van der Waals surface area contributed by atoms with Gasteiger partial charge >= 0.3 is 0 Å². The van der Waals surface area contributed by atoms with E-state index in [1.54, 1.807) is 0 Å². The van der Waals surface area contributed by atoms with Crippen LogP contribution < -0.4 is 10.2 Å². The lowest BCUT2D eigenvalue weighted by molar-refractivity contribution is 0.152. The fourth-order valence-corrected chi connectivity index (χ4v) is 2.49. The smallest absolute Gasteiger partial charge is 0.137 e. The van der Waals surface area contributed by atoms with Crippen LogP contribution in [0.15, 0.2) is 0 Å². The third kappa shape index (κ3) is 3.60. The van der Waals surface area contributed by atoms with Crippen molar-refractivity contribution in [2.24, 2.45) is 0 Å². The summed E-state index contributed by atoms with van der Waals surface area (Å²) in [6.07, 6.45) is 3.05. The third-order valence-corrected chi connectivity index (χ3v) is 3.51. The molecule has 0 aliphatic carbocycles. The summed E-state index contributed by atoms with van der Waals surface area (Å²) in [6.45, 7) is 10.8. The molecule has 0 radical (unpaired) electrons. The zero-order chi connectivity index (χ0) is 14.4. The summed E-state index contributed by atoms with van der Waals surface area (Å²) in [5.41, 5.74) is 1.15. The molecule has 0 bridgehead atoms. The summed E-state index contributed by atoms with van der Waals surface area (Å²) < 4.78 is 5.54. The quantitative estimate of drug-likeness (QED) is 0.896. The molecule has 20 heavy (non-hydrogen) atoms. The Balaban J connectivity index is 2.32. The van der Waals surface area contributed by atoms with Gasteiger partial charge in [-0.3, -0.25) is 0 Å². The minimum absolute atomic E-state index is 0.781. The van der Waals surface area contributed by atoms with E-state index in [1.165, 1.54) is 0 Å². The van der Waals surface area contributed by atoms with Crippen molar-refractivity contribution in [3.63, 3.8) is 0 Å². The Bertz CT molecular complexity index is 428. The van der Waals surface area contributed by atoms with Crippen LogP contribution in [0, 0.1) is 6.92 Å². The molecule has 1 aliphatic rings. The number of anilines is 2. The molecular formula is C15H26N4O. The molecule has 5 heteroatoms. The molecule has 1 N–H and O–H groups in total. The average Bonchev–Trinajstić information content (AvgIpc) is 2.72. The van der Waals surface area contributed by atoms with Crippen LogP contribution in [-0.4, -0.2) is 42.8 Å². The molecule has 2 heterocycles. The Hall–Kier alpha value is -1.36. The SMILES string of the molecule is CCCc1nc(NCC)c(C)c(N2CCCOCC2)n1. The standard InChI is InChI=1S/C15H26N4O/c1-4-7-13-17-14(16-5-2)12(3)15(18-13)19-8-6-10-20-11-9-19/h4-11H2,1-3H3,(H,16,17,18). The molecule has 0 unspecified atom stereocenters. The van der Waals surface area contributed by atoms with Gasteiger partial charge in [0.1, 0.15) is 17.5 Å². The number of aromatic nitrogens is 2. The predicted molar refractivity (Wildman–Crippen MR) is 82.6 cm³/mol. The Morgan fingerprint density at radius 2 is 2.05 bits per heavy atom. The highest BCUT2D eigenvalue weighted by Crippen LogP contribution is 2.24. The number of rotatable bonds is 5. The minimum Gasteiger partial charge on any atom is -0.380 e. The van der Waals surface area contributed by atoms with Crippen LogP contribution >= 0.6 is 0 Å². The number of ether oxygens (including phenoxy) is 1. The summed E-state index contributed by atoms with van der Waals surface area (Å²) in [7, 11) is 0. The molecule has 1 aromatic rings. The van der Waals surface area contributed by atoms with E-state index in [4.69, 9.17) is 9.72 Å². The Labute approximate surface area is 121 Å². The third-order valence-electron chi connectivity index (χ3n) is 3.51. The monoisotopic (exact) mass is 278 g/mol. The summed E-state index contributed by atoms with van der Waals surface area (Å²) in [5, 5.41) is 3.36. The molecule has 0 saturated carbocycles. The van der Waals surface area contributed by atoms with Gasteiger partial charge < -0.3 is 15.0 Å². The fraction of sp³-hybridized carbons (Fsp3) is 0.733. The summed E-state index contributed by atoms with van der Waals surface area (Å²) in [5.74, 6) is 2.99. The van der Waals surface area contributed by atoms with Gasteiger partial charge in [0.15, 0.2) is 0 Å². The first-order valence-corrected chi connectivity index (χ1v) is 7.70. The molecule has 2 rings (SSSR count). The van der Waals surface area contributed by atoms with E-state index in [0.717, 1.165) is 75.1 Å². The van der Waals surface area contributed by atoms with E-state index in [2.05, 4.69) is 36.0 Å². The first-order chi connectivity index (χ1) is 9.76. The molecule has 1 saturated heterocycles. The van der Waals surface area contributed by atoms with Crippen LogP contribution in [0.1, 0.15) is 38.1 Å². The van der Waals surface area contributed by atoms with E-state index in [9.17, 15) is 0 Å². The van der Waals surface area contributed by atoms with E-state index in [1.807, 2.05) is 0 Å². The zero-order valence-electron chi connectivity index (χ0n) is 12.9. The first-order valence-electron chi connectivity index (χ1n) is 7.70. The van der Waals surface area contributed by atoms with Crippen molar-refractivity contribution in [2.75, 3.05) is 43.1 Å². The van der Waals surface area contributed by atoms with Gasteiger partial charge in [-0.2, -0.15) is 0 Å². The fourth-order valence-electron chi connectivity index (χ4n) is 2.49. The van der Waals surface area contributed by atoms with Gasteiger partial charge in [0.25, 0.3) is 0 Å². The maximum Gasteiger partial charge on any atom is 0.137 e. The minimum atomic E-state index is 0.781. The number of aryl methyl sites for hydroxylation is 1. The highest BCUT2D eigenvalue weighted by atomic mass is 16.5. The highest BCUT2D eigenvalue weighted by Gasteiger charge is 2.17. The van der Waals surface area contributed by atoms with Gasteiger partial charge in [-0.25, -0.2) is 9.97 Å². The van der Waals surface area contributed by atoms with Crippen molar-refractivity contribution in [3.8, 4) is 0 Å². The van der Waals surface area contributed by atoms with Crippen LogP contribution in [0.5, 0.6) is 0 Å². The van der Waals surface area contributed by atoms with Gasteiger partial charge in [0.2, 0.25) is 0 Å². The van der Waals surface area contributed by atoms with Crippen LogP contribution in [0.3, 0.4) is 0 Å².